The number of nitrogen functional groups attached to an aromatic ring is 1. The molecule has 2 rings (SSSR count). The van der Waals surface area contributed by atoms with E-state index >= 15 is 0 Å². The first-order valence-electron chi connectivity index (χ1n) is 5.76. The van der Waals surface area contributed by atoms with E-state index in [2.05, 4.69) is 15.0 Å². The molecule has 7 nitrogen and oxygen atoms in total. The summed E-state index contributed by atoms with van der Waals surface area (Å²) >= 11 is 0. The SMILES string of the molecule is CCOc1nc(N)nc(N2CCCC(O)C2)n1. The van der Waals surface area contributed by atoms with Crippen LogP contribution in [0, 0.1) is 0 Å². The Balaban J connectivity index is 2.18. The molecule has 2 heterocycles. The van der Waals surface area contributed by atoms with Gasteiger partial charge < -0.3 is 20.5 Å². The summed E-state index contributed by atoms with van der Waals surface area (Å²) in [7, 11) is 0. The largest absolute Gasteiger partial charge is 0.464 e. The quantitative estimate of drug-likeness (QED) is 0.754. The lowest BCUT2D eigenvalue weighted by Crippen LogP contribution is -2.39. The molecule has 0 spiro atoms. The lowest BCUT2D eigenvalue weighted by atomic mass is 10.1. The Kier molecular flexibility index (Phi) is 3.58. The van der Waals surface area contributed by atoms with Crippen LogP contribution in [0.3, 0.4) is 0 Å². The van der Waals surface area contributed by atoms with Crippen LogP contribution in [0.4, 0.5) is 11.9 Å². The van der Waals surface area contributed by atoms with Crippen molar-refractivity contribution in [2.75, 3.05) is 30.3 Å². The van der Waals surface area contributed by atoms with E-state index in [1.807, 2.05) is 11.8 Å². The Morgan fingerprint density at radius 1 is 1.47 bits per heavy atom. The Hall–Kier alpha value is -1.63. The Bertz CT molecular complexity index is 387. The third kappa shape index (κ3) is 2.94. The summed E-state index contributed by atoms with van der Waals surface area (Å²) in [5, 5.41) is 9.61. The number of hydrogen-bond acceptors (Lipinski definition) is 7. The lowest BCUT2D eigenvalue weighted by Gasteiger charge is -2.29. The monoisotopic (exact) mass is 239 g/mol. The number of nitrogens with zero attached hydrogens (tertiary/aromatic N) is 4. The topological polar surface area (TPSA) is 97.4 Å². The summed E-state index contributed by atoms with van der Waals surface area (Å²) < 4.78 is 5.21. The van der Waals surface area contributed by atoms with Crippen LogP contribution < -0.4 is 15.4 Å². The fourth-order valence-corrected chi connectivity index (χ4v) is 1.83. The predicted molar refractivity (Wildman–Crippen MR) is 62.9 cm³/mol. The molecular formula is C10H17N5O2. The number of anilines is 2. The van der Waals surface area contributed by atoms with Gasteiger partial charge in [-0.3, -0.25) is 0 Å². The minimum Gasteiger partial charge on any atom is -0.464 e. The lowest BCUT2D eigenvalue weighted by molar-refractivity contribution is 0.153. The zero-order valence-electron chi connectivity index (χ0n) is 9.83. The van der Waals surface area contributed by atoms with E-state index in [4.69, 9.17) is 10.5 Å². The number of aliphatic hydroxyl groups is 1. The summed E-state index contributed by atoms with van der Waals surface area (Å²) in [6.45, 7) is 3.66. The molecule has 1 aromatic heterocycles. The summed E-state index contributed by atoms with van der Waals surface area (Å²) in [5.74, 6) is 0.609. The molecular weight excluding hydrogens is 222 g/mol. The average Bonchev–Trinajstić information content (AvgIpc) is 2.28. The molecule has 1 aliphatic rings. The summed E-state index contributed by atoms with van der Waals surface area (Å²) in [6, 6.07) is 0.232. The van der Waals surface area contributed by atoms with Gasteiger partial charge >= 0.3 is 6.01 Å². The van der Waals surface area contributed by atoms with E-state index in [0.717, 1.165) is 19.4 Å². The van der Waals surface area contributed by atoms with Crippen molar-refractivity contribution in [2.45, 2.75) is 25.9 Å². The van der Waals surface area contributed by atoms with Gasteiger partial charge in [-0.15, -0.1) is 0 Å². The first-order valence-corrected chi connectivity index (χ1v) is 5.76. The van der Waals surface area contributed by atoms with Crippen LogP contribution in [0.2, 0.25) is 0 Å². The van der Waals surface area contributed by atoms with Gasteiger partial charge in [0.25, 0.3) is 0 Å². The molecule has 7 heteroatoms. The predicted octanol–water partition coefficient (Wildman–Crippen LogP) is -0.186. The molecule has 1 unspecified atom stereocenters. The first-order chi connectivity index (χ1) is 8.19. The van der Waals surface area contributed by atoms with Crippen LogP contribution in [0.1, 0.15) is 19.8 Å². The van der Waals surface area contributed by atoms with Crippen molar-refractivity contribution in [2.24, 2.45) is 0 Å². The molecule has 1 saturated heterocycles. The Morgan fingerprint density at radius 2 is 2.29 bits per heavy atom. The minimum absolute atomic E-state index is 0.138. The van der Waals surface area contributed by atoms with Gasteiger partial charge in [0.15, 0.2) is 0 Å². The van der Waals surface area contributed by atoms with Crippen molar-refractivity contribution in [1.82, 2.24) is 15.0 Å². The van der Waals surface area contributed by atoms with E-state index in [9.17, 15) is 5.11 Å². The Labute approximate surface area is 99.6 Å². The van der Waals surface area contributed by atoms with E-state index in [-0.39, 0.29) is 18.1 Å². The standard InChI is InChI=1S/C10H17N5O2/c1-2-17-10-13-8(11)12-9(14-10)15-5-3-4-7(16)6-15/h7,16H,2-6H2,1H3,(H2,11,12,13,14). The minimum atomic E-state index is -0.336. The highest BCUT2D eigenvalue weighted by Gasteiger charge is 2.21. The maximum absolute atomic E-state index is 9.61. The number of β-amino-alcohol motifs (C(OH)–C–C–N with tert-alkyl or cyclic N) is 1. The maximum Gasteiger partial charge on any atom is 0.323 e. The smallest absolute Gasteiger partial charge is 0.323 e. The van der Waals surface area contributed by atoms with Gasteiger partial charge in [-0.25, -0.2) is 0 Å². The van der Waals surface area contributed by atoms with Gasteiger partial charge in [-0.1, -0.05) is 0 Å². The molecule has 0 bridgehead atoms. The molecule has 1 atom stereocenters. The van der Waals surface area contributed by atoms with Crippen molar-refractivity contribution < 1.29 is 9.84 Å². The Morgan fingerprint density at radius 3 is 3.00 bits per heavy atom. The number of aromatic nitrogens is 3. The fourth-order valence-electron chi connectivity index (χ4n) is 1.83. The highest BCUT2D eigenvalue weighted by atomic mass is 16.5. The second kappa shape index (κ2) is 5.13. The van der Waals surface area contributed by atoms with E-state index in [0.29, 0.717) is 19.1 Å². The van der Waals surface area contributed by atoms with Crippen molar-refractivity contribution >= 4 is 11.9 Å². The van der Waals surface area contributed by atoms with Crippen LogP contribution in [-0.4, -0.2) is 45.9 Å². The maximum atomic E-state index is 9.61. The normalized spacial score (nSPS) is 20.4. The molecule has 0 amide bonds. The molecule has 0 aliphatic carbocycles. The first kappa shape index (κ1) is 11.8. The molecule has 0 aromatic carbocycles. The average molecular weight is 239 g/mol. The van der Waals surface area contributed by atoms with Crippen molar-refractivity contribution in [3.63, 3.8) is 0 Å². The van der Waals surface area contributed by atoms with Crippen molar-refractivity contribution in [3.05, 3.63) is 0 Å². The molecule has 1 aliphatic heterocycles. The van der Waals surface area contributed by atoms with E-state index in [1.54, 1.807) is 0 Å². The number of rotatable bonds is 3. The number of hydrogen-bond donors (Lipinski definition) is 2. The molecule has 17 heavy (non-hydrogen) atoms. The van der Waals surface area contributed by atoms with Crippen LogP contribution >= 0.6 is 0 Å². The molecule has 0 radical (unpaired) electrons. The second-order valence-corrected chi connectivity index (χ2v) is 3.95. The highest BCUT2D eigenvalue weighted by Crippen LogP contribution is 2.18. The number of nitrogens with two attached hydrogens (primary N) is 1. The number of aliphatic hydroxyl groups excluding tert-OH is 1. The van der Waals surface area contributed by atoms with Crippen LogP contribution in [0.25, 0.3) is 0 Å². The zero-order valence-corrected chi connectivity index (χ0v) is 9.83. The zero-order chi connectivity index (χ0) is 12.3. The molecule has 1 aromatic rings. The molecule has 94 valence electrons. The molecule has 0 saturated carbocycles. The second-order valence-electron chi connectivity index (χ2n) is 3.95. The summed E-state index contributed by atoms with van der Waals surface area (Å²) in [6.07, 6.45) is 1.39. The van der Waals surface area contributed by atoms with Gasteiger partial charge in [-0.2, -0.15) is 15.0 Å². The number of ether oxygens (including phenoxy) is 1. The van der Waals surface area contributed by atoms with Crippen molar-refractivity contribution in [1.29, 1.82) is 0 Å². The highest BCUT2D eigenvalue weighted by molar-refractivity contribution is 5.36. The third-order valence-corrected chi connectivity index (χ3v) is 2.57. The summed E-state index contributed by atoms with van der Waals surface area (Å²) in [5.41, 5.74) is 5.60. The summed E-state index contributed by atoms with van der Waals surface area (Å²) in [4.78, 5) is 14.0. The third-order valence-electron chi connectivity index (χ3n) is 2.57. The fraction of sp³-hybridized carbons (Fsp3) is 0.700. The molecule has 3 N–H and O–H groups in total. The van der Waals surface area contributed by atoms with Gasteiger partial charge in [0.05, 0.1) is 12.7 Å². The van der Waals surface area contributed by atoms with Gasteiger partial charge in [0, 0.05) is 13.1 Å². The van der Waals surface area contributed by atoms with Crippen LogP contribution in [0.15, 0.2) is 0 Å². The van der Waals surface area contributed by atoms with Crippen LogP contribution in [0.5, 0.6) is 6.01 Å². The van der Waals surface area contributed by atoms with Crippen molar-refractivity contribution in [3.8, 4) is 6.01 Å². The van der Waals surface area contributed by atoms with Gasteiger partial charge in [0.2, 0.25) is 11.9 Å². The number of piperidine rings is 1. The van der Waals surface area contributed by atoms with Gasteiger partial charge in [-0.05, 0) is 19.8 Å². The van der Waals surface area contributed by atoms with E-state index in [1.165, 1.54) is 0 Å². The van der Waals surface area contributed by atoms with Gasteiger partial charge in [0.1, 0.15) is 0 Å². The van der Waals surface area contributed by atoms with Crippen LogP contribution in [-0.2, 0) is 0 Å². The molecule has 1 fully saturated rings. The van der Waals surface area contributed by atoms with E-state index < -0.39 is 0 Å².